The number of halogens is 1. The molecule has 0 bridgehead atoms. The lowest BCUT2D eigenvalue weighted by molar-refractivity contribution is -0.152. The number of terminal acetylenes is 1. The number of hydrogen-bond donors (Lipinski definition) is 2. The maximum atomic E-state index is 14.5. The van der Waals surface area contributed by atoms with Gasteiger partial charge in [-0.25, -0.2) is 9.78 Å². The van der Waals surface area contributed by atoms with E-state index < -0.39 is 48.6 Å². The Hall–Kier alpha value is -3.83. The van der Waals surface area contributed by atoms with Gasteiger partial charge in [0.15, 0.2) is 28.7 Å². The highest BCUT2D eigenvalue weighted by Gasteiger charge is 2.46. The van der Waals surface area contributed by atoms with Gasteiger partial charge in [-0.3, -0.25) is 19.5 Å². The lowest BCUT2D eigenvalue weighted by Gasteiger charge is -2.24. The van der Waals surface area contributed by atoms with E-state index in [9.17, 15) is 23.9 Å². The number of imidazole rings is 1. The molecule has 0 spiro atoms. The number of hydrogen-bond acceptors (Lipinski definition) is 11. The van der Waals surface area contributed by atoms with Crippen molar-refractivity contribution >= 4 is 35.0 Å². The molecule has 0 aliphatic carbocycles. The van der Waals surface area contributed by atoms with Crippen LogP contribution in [0.4, 0.5) is 15.0 Å². The van der Waals surface area contributed by atoms with E-state index in [1.165, 1.54) is 10.9 Å². The summed E-state index contributed by atoms with van der Waals surface area (Å²) in [5.41, 5.74) is -1.15. The molecule has 0 unspecified atom stereocenters. The van der Waals surface area contributed by atoms with Gasteiger partial charge in [0.1, 0.15) is 19.4 Å². The number of nitrogens with zero attached hydrogens (tertiary/aromatic N) is 4. The van der Waals surface area contributed by atoms with Gasteiger partial charge in [0.2, 0.25) is 0 Å². The molecule has 2 N–H and O–H groups in total. The molecule has 240 valence electrons. The molecule has 4 heterocycles. The third kappa shape index (κ3) is 8.63. The number of carbonyl (C=O) groups is 3. The number of carbonyl (C=O) groups excluding carboxylic acids is 3. The quantitative estimate of drug-likeness (QED) is 0.219. The van der Waals surface area contributed by atoms with Crippen molar-refractivity contribution in [2.45, 2.75) is 102 Å². The van der Waals surface area contributed by atoms with Crippen LogP contribution < -0.4 is 5.32 Å². The molecule has 2 aromatic rings. The van der Waals surface area contributed by atoms with Gasteiger partial charge in [-0.15, -0.1) is 6.42 Å². The predicted molar refractivity (Wildman–Crippen MR) is 154 cm³/mol. The molecule has 2 fully saturated rings. The van der Waals surface area contributed by atoms with E-state index in [1.807, 2.05) is 6.92 Å². The highest BCUT2D eigenvalue weighted by molar-refractivity contribution is 5.93. The molecule has 0 saturated carbocycles. The molecule has 3 atom stereocenters. The van der Waals surface area contributed by atoms with Crippen molar-refractivity contribution in [1.29, 1.82) is 0 Å². The minimum absolute atomic E-state index is 0.0230. The van der Waals surface area contributed by atoms with Gasteiger partial charge in [0.05, 0.1) is 12.9 Å². The van der Waals surface area contributed by atoms with Crippen molar-refractivity contribution in [3.63, 3.8) is 0 Å². The van der Waals surface area contributed by atoms with Crippen molar-refractivity contribution in [2.24, 2.45) is 5.92 Å². The summed E-state index contributed by atoms with van der Waals surface area (Å²) in [4.78, 5) is 49.1. The molecule has 0 radical (unpaired) electrons. The second kappa shape index (κ2) is 15.8. The van der Waals surface area contributed by atoms with E-state index in [1.54, 1.807) is 0 Å². The summed E-state index contributed by atoms with van der Waals surface area (Å²) >= 11 is 0. The summed E-state index contributed by atoms with van der Waals surface area (Å²) in [5.74, 6) is 1.11. The van der Waals surface area contributed by atoms with Crippen LogP contribution in [0.1, 0.15) is 90.2 Å². The Morgan fingerprint density at radius 1 is 1.09 bits per heavy atom. The summed E-state index contributed by atoms with van der Waals surface area (Å²) < 4.78 is 37.9. The number of aliphatic hydroxyl groups is 1. The van der Waals surface area contributed by atoms with E-state index in [0.29, 0.717) is 19.3 Å². The normalized spacial score (nSPS) is 25.3. The predicted octanol–water partition coefficient (Wildman–Crippen LogP) is 4.19. The summed E-state index contributed by atoms with van der Waals surface area (Å²) in [6, 6.07) is 0. The summed E-state index contributed by atoms with van der Waals surface area (Å²) in [5, 5.41) is 12.2. The molecule has 4 rings (SSSR count). The number of rotatable bonds is 4. The van der Waals surface area contributed by atoms with Crippen LogP contribution in [0, 0.1) is 24.3 Å². The molecule has 14 heteroatoms. The first kappa shape index (κ1) is 33.1. The Labute approximate surface area is 255 Å². The van der Waals surface area contributed by atoms with Gasteiger partial charge in [0, 0.05) is 18.8 Å². The molecule has 2 aliphatic rings. The van der Waals surface area contributed by atoms with E-state index >= 15 is 0 Å². The number of fused-ring (bicyclic) bond motifs is 1. The largest absolute Gasteiger partial charge is 0.462 e. The van der Waals surface area contributed by atoms with Crippen LogP contribution in [0.2, 0.25) is 0 Å². The van der Waals surface area contributed by atoms with Gasteiger partial charge in [-0.1, -0.05) is 57.8 Å². The summed E-state index contributed by atoms with van der Waals surface area (Å²) in [6.07, 6.45) is 12.4. The van der Waals surface area contributed by atoms with Crippen LogP contribution in [0.15, 0.2) is 6.33 Å². The molecular weight excluding hydrogens is 577 g/mol. The zero-order chi connectivity index (χ0) is 31.5. The Kier molecular flexibility index (Phi) is 11.8. The number of aliphatic hydroxyl groups excluding tert-OH is 1. The molecule has 13 nitrogen and oxygen atoms in total. The zero-order valence-electron chi connectivity index (χ0n) is 25.0. The monoisotopic (exact) mass is 617 g/mol. The molecule has 0 aromatic carbocycles. The van der Waals surface area contributed by atoms with Gasteiger partial charge >= 0.3 is 24.1 Å². The van der Waals surface area contributed by atoms with Crippen molar-refractivity contribution in [3.8, 4) is 12.3 Å². The first-order chi connectivity index (χ1) is 21.2. The zero-order valence-corrected chi connectivity index (χ0v) is 25.0. The van der Waals surface area contributed by atoms with Crippen molar-refractivity contribution in [1.82, 2.24) is 19.5 Å². The minimum Gasteiger partial charge on any atom is -0.462 e. The minimum atomic E-state index is -1.21. The SMILES string of the molecule is C#C[C@]1(CO)O[C@@H](n2cnc3c(NC(=O)OC4COC(=O)CCCCCCCCCCCC(=O)OC4)nc(F)nc32)C[C@@H]1C. The smallest absolute Gasteiger partial charge is 0.413 e. The molecule has 2 aromatic heterocycles. The van der Waals surface area contributed by atoms with Crippen LogP contribution in [0.25, 0.3) is 11.2 Å². The van der Waals surface area contributed by atoms with Crippen molar-refractivity contribution in [2.75, 3.05) is 25.1 Å². The third-order valence-corrected chi connectivity index (χ3v) is 8.00. The highest BCUT2D eigenvalue weighted by Crippen LogP contribution is 2.41. The number of cyclic esters (lactones) is 2. The Morgan fingerprint density at radius 2 is 1.68 bits per heavy atom. The molecule has 1 amide bonds. The highest BCUT2D eigenvalue weighted by atomic mass is 19.1. The molecule has 2 saturated heterocycles. The average molecular weight is 618 g/mol. The van der Waals surface area contributed by atoms with E-state index in [-0.39, 0.29) is 49.0 Å². The number of anilines is 1. The van der Waals surface area contributed by atoms with Crippen molar-refractivity contribution < 1.29 is 42.8 Å². The summed E-state index contributed by atoms with van der Waals surface area (Å²) in [6.45, 7) is 0.766. The first-order valence-electron chi connectivity index (χ1n) is 15.2. The van der Waals surface area contributed by atoms with Crippen LogP contribution in [0.5, 0.6) is 0 Å². The van der Waals surface area contributed by atoms with E-state index in [0.717, 1.165) is 44.9 Å². The summed E-state index contributed by atoms with van der Waals surface area (Å²) in [7, 11) is 0. The lowest BCUT2D eigenvalue weighted by Crippen LogP contribution is -2.36. The Morgan fingerprint density at radius 3 is 2.23 bits per heavy atom. The average Bonchev–Trinajstić information content (AvgIpc) is 3.57. The van der Waals surface area contributed by atoms with Crippen LogP contribution in [-0.4, -0.2) is 74.2 Å². The van der Waals surface area contributed by atoms with Crippen LogP contribution >= 0.6 is 0 Å². The van der Waals surface area contributed by atoms with Crippen LogP contribution in [-0.2, 0) is 28.5 Å². The molecule has 44 heavy (non-hydrogen) atoms. The maximum Gasteiger partial charge on any atom is 0.413 e. The maximum absolute atomic E-state index is 14.5. The first-order valence-corrected chi connectivity index (χ1v) is 15.2. The number of aromatic nitrogens is 4. The van der Waals surface area contributed by atoms with Gasteiger partial charge in [0.25, 0.3) is 0 Å². The fraction of sp³-hybridized carbons (Fsp3) is 0.667. The Bertz CT molecular complexity index is 1320. The number of esters is 2. The number of nitrogens with one attached hydrogen (secondary N) is 1. The van der Waals surface area contributed by atoms with Crippen molar-refractivity contribution in [3.05, 3.63) is 12.4 Å². The van der Waals surface area contributed by atoms with E-state index in [4.69, 9.17) is 25.4 Å². The topological polar surface area (TPSA) is 164 Å². The van der Waals surface area contributed by atoms with E-state index in [2.05, 4.69) is 26.2 Å². The fourth-order valence-corrected chi connectivity index (χ4v) is 5.36. The standard InChI is InChI=1S/C30H40FN5O8/c1-3-30(18-37)20(2)15-22(44-30)36-19-32-25-26(33-28(31)35-27(25)36)34-29(40)43-21-16-41-23(38)13-11-9-7-5-4-6-8-10-12-14-24(39)42-17-21/h1,19-22,37H,4-18H2,2H3,(H,33,34,35,40)/t20-,22+,30+/m0/s1. The molecule has 2 aliphatic heterocycles. The second-order valence-corrected chi connectivity index (χ2v) is 11.3. The lowest BCUT2D eigenvalue weighted by atomic mass is 9.90. The van der Waals surface area contributed by atoms with Gasteiger partial charge in [-0.05, 0) is 19.3 Å². The Balaban J connectivity index is 1.43. The number of amides is 1. The second-order valence-electron chi connectivity index (χ2n) is 11.3. The molecular formula is C30H40FN5O8. The van der Waals surface area contributed by atoms with Crippen LogP contribution in [0.3, 0.4) is 0 Å². The fourth-order valence-electron chi connectivity index (χ4n) is 5.36. The van der Waals surface area contributed by atoms with Gasteiger partial charge in [-0.2, -0.15) is 14.4 Å². The third-order valence-electron chi connectivity index (χ3n) is 8.00. The van der Waals surface area contributed by atoms with Gasteiger partial charge < -0.3 is 24.1 Å². The number of ether oxygens (including phenoxy) is 4.